The van der Waals surface area contributed by atoms with Crippen LogP contribution in [0.4, 0.5) is 0 Å². The van der Waals surface area contributed by atoms with Crippen molar-refractivity contribution in [1.82, 2.24) is 0 Å². The molecule has 1 rings (SSSR count). The Labute approximate surface area is 112 Å². The van der Waals surface area contributed by atoms with E-state index in [4.69, 9.17) is 12.9 Å². The Kier molecular flexibility index (Phi) is 5.88. The van der Waals surface area contributed by atoms with Gasteiger partial charge in [0, 0.05) is 0 Å². The van der Waals surface area contributed by atoms with Crippen molar-refractivity contribution < 1.29 is 51.0 Å². The monoisotopic (exact) mass is 283 g/mol. The van der Waals surface area contributed by atoms with Crippen LogP contribution < -0.4 is 38.6 Å². The quantitative estimate of drug-likeness (QED) is 0.330. The first-order valence-corrected chi connectivity index (χ1v) is 7.12. The van der Waals surface area contributed by atoms with E-state index in [1.54, 1.807) is 0 Å². The summed E-state index contributed by atoms with van der Waals surface area (Å²) in [6, 6.07) is 5.19. The molecule has 1 aromatic carbocycles. The van der Waals surface area contributed by atoms with Gasteiger partial charge in [0.2, 0.25) is 0 Å². The van der Waals surface area contributed by atoms with Gasteiger partial charge >= 0.3 is 112 Å². The zero-order valence-corrected chi connectivity index (χ0v) is 12.3. The summed E-state index contributed by atoms with van der Waals surface area (Å²) in [5.41, 5.74) is 0. The van der Waals surface area contributed by atoms with Gasteiger partial charge in [0.15, 0.2) is 0 Å². The van der Waals surface area contributed by atoms with Gasteiger partial charge in [-0.2, -0.15) is 0 Å². The van der Waals surface area contributed by atoms with Gasteiger partial charge < -0.3 is 0 Å². The largest absolute Gasteiger partial charge is 1.00 e. The van der Waals surface area contributed by atoms with Crippen molar-refractivity contribution in [3.63, 3.8) is 0 Å². The van der Waals surface area contributed by atoms with E-state index >= 15 is 0 Å². The van der Waals surface area contributed by atoms with E-state index < -0.39 is 20.1 Å². The first kappa shape index (κ1) is 15.0. The summed E-state index contributed by atoms with van der Waals surface area (Å²) in [4.78, 5) is 10.5. The summed E-state index contributed by atoms with van der Waals surface area (Å²) in [5, 5.41) is 0. The fraction of sp³-hybridized carbons (Fsp3) is 0.125. The number of hydrogen-bond acceptors (Lipinski definition) is 3. The summed E-state index contributed by atoms with van der Waals surface area (Å²) in [6.45, 7) is 1.25. The first-order chi connectivity index (χ1) is 6.39. The van der Waals surface area contributed by atoms with E-state index in [1.165, 1.54) is 31.2 Å². The number of benzene rings is 1. The number of hydrogen-bond donors (Lipinski definition) is 2. The molecule has 0 radical (unpaired) electrons. The minimum atomic E-state index is -4.81. The van der Waals surface area contributed by atoms with Gasteiger partial charge in [-0.15, -0.1) is 0 Å². The maximum atomic E-state index is 10.8. The molecule has 5 nitrogen and oxygen atoms in total. The van der Waals surface area contributed by atoms with Gasteiger partial charge in [0.25, 0.3) is 0 Å². The summed E-state index contributed by atoms with van der Waals surface area (Å²) in [7, 11) is 0. The molecule has 76 valence electrons. The van der Waals surface area contributed by atoms with Crippen LogP contribution in [0.5, 0.6) is 5.75 Å². The van der Waals surface area contributed by atoms with Gasteiger partial charge in [-0.1, -0.05) is 0 Å². The van der Waals surface area contributed by atoms with Gasteiger partial charge in [0.1, 0.15) is 0 Å². The smallest absolute Gasteiger partial charge is 1.00 e. The molecular formula is C8H9AsNaO5+. The van der Waals surface area contributed by atoms with E-state index in [1.807, 2.05) is 0 Å². The Morgan fingerprint density at radius 3 is 2.07 bits per heavy atom. The number of rotatable bonds is 2. The maximum absolute atomic E-state index is 10.8. The van der Waals surface area contributed by atoms with Gasteiger partial charge in [0.05, 0.1) is 0 Å². The molecule has 0 atom stereocenters. The summed E-state index contributed by atoms with van der Waals surface area (Å²) in [5.74, 6) is -0.204. The Morgan fingerprint density at radius 2 is 1.73 bits per heavy atom. The van der Waals surface area contributed by atoms with Crippen molar-refractivity contribution in [3.05, 3.63) is 24.3 Å². The SMILES string of the molecule is CC(=O)Oc1ccc([As](=O)(O)O)cc1.[Na+]. The topological polar surface area (TPSA) is 83.8 Å². The van der Waals surface area contributed by atoms with E-state index in [0.29, 0.717) is 0 Å². The van der Waals surface area contributed by atoms with Crippen LogP contribution in [-0.4, -0.2) is 28.3 Å². The van der Waals surface area contributed by atoms with E-state index in [2.05, 4.69) is 0 Å². The number of carbonyl (C=O) groups is 1. The molecule has 0 fully saturated rings. The summed E-state index contributed by atoms with van der Waals surface area (Å²) >= 11 is -4.81. The molecule has 0 saturated heterocycles. The van der Waals surface area contributed by atoms with E-state index in [-0.39, 0.29) is 39.7 Å². The molecule has 0 bridgehead atoms. The number of ether oxygens (including phenoxy) is 1. The van der Waals surface area contributed by atoms with Crippen LogP contribution in [0.3, 0.4) is 0 Å². The Bertz CT molecular complexity index is 383. The molecule has 0 aliphatic carbocycles. The zero-order chi connectivity index (χ0) is 10.8. The summed E-state index contributed by atoms with van der Waals surface area (Å²) in [6.07, 6.45) is 0. The Morgan fingerprint density at radius 1 is 1.27 bits per heavy atom. The number of esters is 1. The van der Waals surface area contributed by atoms with Crippen molar-refractivity contribution in [2.75, 3.05) is 0 Å². The van der Waals surface area contributed by atoms with Crippen LogP contribution in [0.1, 0.15) is 6.92 Å². The van der Waals surface area contributed by atoms with Crippen molar-refractivity contribution in [1.29, 1.82) is 0 Å². The summed E-state index contributed by atoms with van der Waals surface area (Å²) < 4.78 is 33.1. The molecule has 0 aliphatic rings. The molecule has 0 spiro atoms. The third-order valence-corrected chi connectivity index (χ3v) is 3.47. The molecule has 0 amide bonds. The average molecular weight is 283 g/mol. The minimum Gasteiger partial charge on any atom is 1.00 e. The molecule has 2 N–H and O–H groups in total. The molecule has 0 saturated carbocycles. The van der Waals surface area contributed by atoms with Crippen LogP contribution in [0, 0.1) is 0 Å². The minimum absolute atomic E-state index is 0. The van der Waals surface area contributed by atoms with Crippen LogP contribution in [0.2, 0.25) is 0 Å². The van der Waals surface area contributed by atoms with Gasteiger partial charge in [-0.3, -0.25) is 0 Å². The van der Waals surface area contributed by atoms with E-state index in [0.717, 1.165) is 0 Å². The third kappa shape index (κ3) is 5.02. The molecule has 0 aliphatic heterocycles. The molecule has 15 heavy (non-hydrogen) atoms. The Balaban J connectivity index is 0.00000196. The van der Waals surface area contributed by atoms with Crippen LogP contribution >= 0.6 is 0 Å². The van der Waals surface area contributed by atoms with Crippen LogP contribution in [0.15, 0.2) is 24.3 Å². The first-order valence-electron chi connectivity index (χ1n) is 3.74. The maximum Gasteiger partial charge on any atom is 1.00 e. The fourth-order valence-electron chi connectivity index (χ4n) is 0.874. The van der Waals surface area contributed by atoms with Gasteiger partial charge in [-0.25, -0.2) is 0 Å². The van der Waals surface area contributed by atoms with Crippen molar-refractivity contribution >= 4 is 24.5 Å². The molecule has 0 unspecified atom stereocenters. The second-order valence-corrected chi connectivity index (χ2v) is 6.00. The fourth-order valence-corrected chi connectivity index (χ4v) is 2.00. The van der Waals surface area contributed by atoms with Gasteiger partial charge in [-0.05, 0) is 0 Å². The molecule has 7 heteroatoms. The zero-order valence-electron chi connectivity index (χ0n) is 8.38. The average Bonchev–Trinajstić information content (AvgIpc) is 2.02. The van der Waals surface area contributed by atoms with Crippen LogP contribution in [0.25, 0.3) is 0 Å². The van der Waals surface area contributed by atoms with Crippen molar-refractivity contribution in [2.45, 2.75) is 6.92 Å². The van der Waals surface area contributed by atoms with Crippen LogP contribution in [-0.2, 0) is 8.53 Å². The third-order valence-electron chi connectivity index (χ3n) is 1.43. The molecule has 1 aromatic rings. The van der Waals surface area contributed by atoms with E-state index in [9.17, 15) is 8.53 Å². The second-order valence-electron chi connectivity index (χ2n) is 2.63. The molecule has 0 aromatic heterocycles. The standard InChI is InChI=1S/C8H9AsO5.Na/c1-6(10)14-8-4-2-7(3-5-8)9(11,12)13;/h2-5H,1H3,(H2,11,12,13);/q;+1. The number of carbonyl (C=O) groups excluding carboxylic acids is 1. The van der Waals surface area contributed by atoms with Crippen molar-refractivity contribution in [2.24, 2.45) is 0 Å². The Hall–Kier alpha value is -0.0316. The predicted molar refractivity (Wildman–Crippen MR) is 48.3 cm³/mol. The molecular weight excluding hydrogens is 274 g/mol. The van der Waals surface area contributed by atoms with Crippen molar-refractivity contribution in [3.8, 4) is 5.75 Å². The second kappa shape index (κ2) is 5.89. The predicted octanol–water partition coefficient (Wildman–Crippen LogP) is -3.82. The normalized spacial score (nSPS) is 10.3. The molecule has 0 heterocycles.